The summed E-state index contributed by atoms with van der Waals surface area (Å²) in [6, 6.07) is 8.33. The number of nitrogens with two attached hydrogens (primary N) is 1. The smallest absolute Gasteiger partial charge is 0.311 e. The molecule has 3 heterocycles. The van der Waals surface area contributed by atoms with Gasteiger partial charge in [0.15, 0.2) is 5.03 Å². The lowest BCUT2D eigenvalue weighted by atomic mass is 9.96. The van der Waals surface area contributed by atoms with Crippen LogP contribution in [0.4, 0.5) is 0 Å². The van der Waals surface area contributed by atoms with Crippen molar-refractivity contribution in [3.05, 3.63) is 60.7 Å². The molecule has 0 saturated carbocycles. The van der Waals surface area contributed by atoms with Crippen LogP contribution in [-0.2, 0) is 17.2 Å². The molecule has 0 bridgehead atoms. The average Bonchev–Trinajstić information content (AvgIpc) is 3.34. The number of primary amides is 1. The molecule has 1 aromatic carbocycles. The first-order valence-electron chi connectivity index (χ1n) is 8.65. The fraction of sp³-hybridized carbons (Fsp3) is 0.0526. The van der Waals surface area contributed by atoms with Gasteiger partial charge >= 0.3 is 10.1 Å². The molecule has 1 amide bonds. The van der Waals surface area contributed by atoms with Crippen LogP contribution in [0.5, 0.6) is 0 Å². The number of amides is 1. The molecule has 4 N–H and O–H groups in total. The summed E-state index contributed by atoms with van der Waals surface area (Å²) in [6.07, 6.45) is 5.98. The summed E-state index contributed by atoms with van der Waals surface area (Å²) in [7, 11) is -2.99. The van der Waals surface area contributed by atoms with Crippen LogP contribution in [0.3, 0.4) is 0 Å². The maximum absolute atomic E-state index is 11.8. The molecule has 0 aliphatic carbocycles. The molecule has 152 valence electrons. The zero-order valence-corrected chi connectivity index (χ0v) is 16.5. The van der Waals surface area contributed by atoms with Crippen molar-refractivity contribution in [1.82, 2.24) is 24.7 Å². The zero-order chi connectivity index (χ0) is 21.5. The van der Waals surface area contributed by atoms with Gasteiger partial charge in [-0.3, -0.25) is 19.4 Å². The number of hydrogen-bond acceptors (Lipinski definition) is 6. The van der Waals surface area contributed by atoms with E-state index >= 15 is 0 Å². The minimum atomic E-state index is -4.46. The first-order valence-corrected chi connectivity index (χ1v) is 10.1. The van der Waals surface area contributed by atoms with Gasteiger partial charge in [-0.15, -0.1) is 0 Å². The van der Waals surface area contributed by atoms with Gasteiger partial charge < -0.3 is 10.3 Å². The van der Waals surface area contributed by atoms with Crippen molar-refractivity contribution in [2.24, 2.45) is 12.8 Å². The fourth-order valence-corrected chi connectivity index (χ4v) is 3.84. The Morgan fingerprint density at radius 3 is 2.47 bits per heavy atom. The van der Waals surface area contributed by atoms with Crippen LogP contribution < -0.4 is 5.73 Å². The molecule has 11 heteroatoms. The molecule has 0 radical (unpaired) electrons. The standard InChI is InChI=1S/C19H16N6O4S/c1-25-16(30(27,28)29)10-22-19(25)13-3-2-12(18(20)26)8-14(13)17-15(9-23-24-17)11-4-6-21-7-5-11/h2-10H,1H3,(H2,20,26)(H,23,24)(H,27,28,29). The molecular weight excluding hydrogens is 408 g/mol. The van der Waals surface area contributed by atoms with Crippen LogP contribution >= 0.6 is 0 Å². The van der Waals surface area contributed by atoms with Gasteiger partial charge in [-0.1, -0.05) is 0 Å². The van der Waals surface area contributed by atoms with E-state index in [0.717, 1.165) is 17.3 Å². The maximum atomic E-state index is 11.8. The fourth-order valence-electron chi connectivity index (χ4n) is 3.22. The van der Waals surface area contributed by atoms with E-state index < -0.39 is 16.0 Å². The molecule has 0 spiro atoms. The van der Waals surface area contributed by atoms with E-state index in [2.05, 4.69) is 20.2 Å². The predicted molar refractivity (Wildman–Crippen MR) is 108 cm³/mol. The third-order valence-electron chi connectivity index (χ3n) is 4.65. The highest BCUT2D eigenvalue weighted by Gasteiger charge is 2.23. The lowest BCUT2D eigenvalue weighted by molar-refractivity contribution is 0.100. The van der Waals surface area contributed by atoms with Gasteiger partial charge in [0.25, 0.3) is 0 Å². The summed E-state index contributed by atoms with van der Waals surface area (Å²) in [5, 5.41) is 6.69. The van der Waals surface area contributed by atoms with Crippen molar-refractivity contribution in [2.75, 3.05) is 0 Å². The van der Waals surface area contributed by atoms with Gasteiger partial charge in [0, 0.05) is 41.7 Å². The van der Waals surface area contributed by atoms with Crippen molar-refractivity contribution in [3.63, 3.8) is 0 Å². The average molecular weight is 424 g/mol. The second-order valence-corrected chi connectivity index (χ2v) is 7.84. The molecule has 4 aromatic rings. The van der Waals surface area contributed by atoms with Crippen LogP contribution in [0.15, 0.2) is 60.1 Å². The van der Waals surface area contributed by atoms with Gasteiger partial charge in [-0.2, -0.15) is 13.5 Å². The molecule has 10 nitrogen and oxygen atoms in total. The van der Waals surface area contributed by atoms with E-state index in [1.165, 1.54) is 17.7 Å². The first kappa shape index (κ1) is 19.5. The van der Waals surface area contributed by atoms with Gasteiger partial charge in [0.2, 0.25) is 5.91 Å². The molecule has 30 heavy (non-hydrogen) atoms. The minimum Gasteiger partial charge on any atom is -0.366 e. The molecule has 3 aromatic heterocycles. The molecule has 0 aliphatic rings. The lowest BCUT2D eigenvalue weighted by Crippen LogP contribution is -2.11. The first-order chi connectivity index (χ1) is 14.3. The number of nitrogens with one attached hydrogen (secondary N) is 1. The number of hydrogen-bond donors (Lipinski definition) is 3. The number of nitrogens with zero attached hydrogens (tertiary/aromatic N) is 4. The van der Waals surface area contributed by atoms with Crippen LogP contribution in [0, 0.1) is 0 Å². The Hall–Kier alpha value is -3.83. The number of carbonyl (C=O) groups is 1. The summed E-state index contributed by atoms with van der Waals surface area (Å²) in [6.45, 7) is 0. The van der Waals surface area contributed by atoms with E-state index in [-0.39, 0.29) is 16.4 Å². The maximum Gasteiger partial charge on any atom is 0.311 e. The lowest BCUT2D eigenvalue weighted by Gasteiger charge is -2.12. The largest absolute Gasteiger partial charge is 0.366 e. The zero-order valence-electron chi connectivity index (χ0n) is 15.6. The SMILES string of the molecule is Cn1c(S(=O)(=O)O)cnc1-c1ccc(C(N)=O)cc1-c1[nH]ncc1-c1ccncc1. The molecule has 0 saturated heterocycles. The van der Waals surface area contributed by atoms with E-state index in [1.807, 2.05) is 12.1 Å². The monoisotopic (exact) mass is 424 g/mol. The second kappa shape index (κ2) is 7.21. The number of H-pyrrole nitrogens is 1. The van der Waals surface area contributed by atoms with Crippen LogP contribution in [0.1, 0.15) is 10.4 Å². The Morgan fingerprint density at radius 1 is 1.10 bits per heavy atom. The van der Waals surface area contributed by atoms with Crippen molar-refractivity contribution in [2.45, 2.75) is 5.03 Å². The molecule has 0 atom stereocenters. The summed E-state index contributed by atoms with van der Waals surface area (Å²) in [5.74, 6) is -0.352. The normalized spacial score (nSPS) is 11.5. The van der Waals surface area contributed by atoms with Crippen molar-refractivity contribution in [3.8, 4) is 33.8 Å². The molecule has 0 unspecified atom stereocenters. The highest BCUT2D eigenvalue weighted by atomic mass is 32.2. The predicted octanol–water partition coefficient (Wildman–Crippen LogP) is 1.88. The third kappa shape index (κ3) is 3.36. The van der Waals surface area contributed by atoms with E-state index in [1.54, 1.807) is 30.7 Å². The Kier molecular flexibility index (Phi) is 4.68. The Labute approximate surface area is 171 Å². The van der Waals surface area contributed by atoms with Gasteiger partial charge in [-0.25, -0.2) is 4.98 Å². The molecule has 4 rings (SSSR count). The highest BCUT2D eigenvalue weighted by molar-refractivity contribution is 7.85. The summed E-state index contributed by atoms with van der Waals surface area (Å²) < 4.78 is 33.9. The Balaban J connectivity index is 1.98. The Morgan fingerprint density at radius 2 is 1.83 bits per heavy atom. The number of benzene rings is 1. The number of aromatic nitrogens is 5. The number of aromatic amines is 1. The van der Waals surface area contributed by atoms with Crippen LogP contribution in [-0.4, -0.2) is 43.6 Å². The minimum absolute atomic E-state index is 0.258. The van der Waals surface area contributed by atoms with Crippen molar-refractivity contribution in [1.29, 1.82) is 0 Å². The molecule has 0 fully saturated rings. The van der Waals surface area contributed by atoms with E-state index in [4.69, 9.17) is 5.73 Å². The topological polar surface area (TPSA) is 157 Å². The number of pyridine rings is 1. The number of imidazole rings is 1. The van der Waals surface area contributed by atoms with E-state index in [0.29, 0.717) is 16.8 Å². The van der Waals surface area contributed by atoms with Gasteiger partial charge in [-0.05, 0) is 35.9 Å². The van der Waals surface area contributed by atoms with Crippen LogP contribution in [0.2, 0.25) is 0 Å². The quantitative estimate of drug-likeness (QED) is 0.413. The highest BCUT2D eigenvalue weighted by Crippen LogP contribution is 2.37. The van der Waals surface area contributed by atoms with Crippen molar-refractivity contribution >= 4 is 16.0 Å². The van der Waals surface area contributed by atoms with Gasteiger partial charge in [0.05, 0.1) is 18.1 Å². The summed E-state index contributed by atoms with van der Waals surface area (Å²) in [4.78, 5) is 20.0. The summed E-state index contributed by atoms with van der Waals surface area (Å²) >= 11 is 0. The van der Waals surface area contributed by atoms with Crippen molar-refractivity contribution < 1.29 is 17.8 Å². The van der Waals surface area contributed by atoms with Crippen LogP contribution in [0.25, 0.3) is 33.8 Å². The van der Waals surface area contributed by atoms with E-state index in [9.17, 15) is 17.8 Å². The summed E-state index contributed by atoms with van der Waals surface area (Å²) in [5.41, 5.74) is 8.92. The third-order valence-corrected chi connectivity index (χ3v) is 5.56. The molecular formula is C19H16N6O4S. The Bertz CT molecular complexity index is 1360. The number of carbonyl (C=O) groups excluding carboxylic acids is 1. The number of rotatable bonds is 5. The molecule has 0 aliphatic heterocycles. The second-order valence-electron chi connectivity index (χ2n) is 6.47. The van der Waals surface area contributed by atoms with Gasteiger partial charge in [0.1, 0.15) is 5.82 Å².